The first-order valence-corrected chi connectivity index (χ1v) is 8.36. The van der Waals surface area contributed by atoms with Crippen molar-refractivity contribution >= 4 is 12.1 Å². The lowest BCUT2D eigenvalue weighted by atomic mass is 10.0. The Bertz CT molecular complexity index is 798. The minimum atomic E-state index is -0.709. The van der Waals surface area contributed by atoms with Crippen LogP contribution in [0.2, 0.25) is 0 Å². The fourth-order valence-electron chi connectivity index (χ4n) is 2.16. The Morgan fingerprint density at radius 2 is 1.66 bits per heavy atom. The van der Waals surface area contributed by atoms with E-state index in [1.165, 1.54) is 19.2 Å². The molecule has 0 saturated heterocycles. The average molecular weight is 407 g/mol. The van der Waals surface area contributed by atoms with Crippen molar-refractivity contribution in [1.82, 2.24) is 5.32 Å². The Balaban J connectivity index is 3.04. The molecule has 29 heavy (non-hydrogen) atoms. The van der Waals surface area contributed by atoms with Gasteiger partial charge in [-0.1, -0.05) is 0 Å². The number of carbonyl (C=O) groups excluding carboxylic acids is 2. The molecule has 0 aliphatic heterocycles. The van der Waals surface area contributed by atoms with E-state index in [1.807, 2.05) is 0 Å². The van der Waals surface area contributed by atoms with Crippen molar-refractivity contribution in [3.8, 4) is 11.5 Å². The number of alkyl carbamates (subject to hydrolysis) is 1. The number of rotatable bonds is 9. The van der Waals surface area contributed by atoms with Crippen LogP contribution in [0.25, 0.3) is 20.9 Å². The van der Waals surface area contributed by atoms with Crippen LogP contribution in [0, 0.1) is 0 Å². The number of amides is 1. The first-order chi connectivity index (χ1) is 13.7. The first kappa shape index (κ1) is 23.2. The number of methoxy groups -OCH3 is 1. The standard InChI is InChI=1S/C16H21N7O6/c1-16(2,3)27-15(25)19-7-5-6-11-12(28-22-20-17)8-10(14(24)26-4)9-13(11)29-23-21-18/h8-9H,5-7H2,1-4H3,(H,19,25). The Morgan fingerprint density at radius 3 is 2.10 bits per heavy atom. The van der Waals surface area contributed by atoms with Gasteiger partial charge in [0.25, 0.3) is 0 Å². The van der Waals surface area contributed by atoms with Gasteiger partial charge in [-0.25, -0.2) is 9.59 Å². The zero-order valence-corrected chi connectivity index (χ0v) is 16.4. The van der Waals surface area contributed by atoms with Crippen molar-refractivity contribution in [2.45, 2.75) is 39.2 Å². The van der Waals surface area contributed by atoms with Crippen molar-refractivity contribution in [1.29, 1.82) is 0 Å². The molecule has 1 amide bonds. The van der Waals surface area contributed by atoms with Gasteiger partial charge >= 0.3 is 12.1 Å². The number of nitrogens with zero attached hydrogens (tertiary/aromatic N) is 6. The van der Waals surface area contributed by atoms with Crippen molar-refractivity contribution < 1.29 is 28.7 Å². The molecule has 13 nitrogen and oxygen atoms in total. The van der Waals surface area contributed by atoms with Crippen molar-refractivity contribution in [2.75, 3.05) is 13.7 Å². The third-order valence-electron chi connectivity index (χ3n) is 3.21. The van der Waals surface area contributed by atoms with Crippen molar-refractivity contribution in [3.05, 3.63) is 44.1 Å². The van der Waals surface area contributed by atoms with Crippen LogP contribution < -0.4 is 15.0 Å². The Hall–Kier alpha value is -3.82. The Kier molecular flexibility index (Phi) is 8.90. The second-order valence-electron chi connectivity index (χ2n) is 6.50. The summed E-state index contributed by atoms with van der Waals surface area (Å²) in [6.45, 7) is 5.48. The highest BCUT2D eigenvalue weighted by molar-refractivity contribution is 5.90. The molecule has 0 saturated carbocycles. The summed E-state index contributed by atoms with van der Waals surface area (Å²) in [4.78, 5) is 38.4. The van der Waals surface area contributed by atoms with Crippen LogP contribution in [-0.2, 0) is 15.9 Å². The predicted octanol–water partition coefficient (Wildman–Crippen LogP) is 4.14. The minimum Gasteiger partial charge on any atom is -0.465 e. The molecular formula is C16H21N7O6. The fraction of sp³-hybridized carbons (Fsp3) is 0.500. The molecule has 0 aliphatic carbocycles. The topological polar surface area (TPSA) is 181 Å². The monoisotopic (exact) mass is 407 g/mol. The number of benzene rings is 1. The van der Waals surface area contributed by atoms with Crippen LogP contribution in [0.4, 0.5) is 4.79 Å². The molecule has 13 heteroatoms. The van der Waals surface area contributed by atoms with Crippen LogP contribution in [0.15, 0.2) is 22.7 Å². The lowest BCUT2D eigenvalue weighted by Crippen LogP contribution is -2.33. The summed E-state index contributed by atoms with van der Waals surface area (Å²) in [5.74, 6) is -0.697. The van der Waals surface area contributed by atoms with E-state index in [1.54, 1.807) is 20.8 Å². The highest BCUT2D eigenvalue weighted by Gasteiger charge is 2.19. The zero-order valence-electron chi connectivity index (χ0n) is 16.4. The van der Waals surface area contributed by atoms with Gasteiger partial charge < -0.3 is 24.5 Å². The van der Waals surface area contributed by atoms with Gasteiger partial charge in [-0.2, -0.15) is 0 Å². The van der Waals surface area contributed by atoms with E-state index in [0.717, 1.165) is 0 Å². The lowest BCUT2D eigenvalue weighted by Gasteiger charge is -2.19. The summed E-state index contributed by atoms with van der Waals surface area (Å²) in [5.41, 5.74) is 16.8. The first-order valence-electron chi connectivity index (χ1n) is 8.36. The molecule has 0 radical (unpaired) electrons. The van der Waals surface area contributed by atoms with Gasteiger partial charge in [0.2, 0.25) is 0 Å². The molecule has 1 aromatic carbocycles. The van der Waals surface area contributed by atoms with Crippen LogP contribution in [0.3, 0.4) is 0 Å². The third-order valence-corrected chi connectivity index (χ3v) is 3.21. The molecule has 0 heterocycles. The molecule has 0 atom stereocenters. The summed E-state index contributed by atoms with van der Waals surface area (Å²) < 4.78 is 9.78. The quantitative estimate of drug-likeness (QED) is 0.160. The van der Waals surface area contributed by atoms with Crippen LogP contribution in [0.5, 0.6) is 11.5 Å². The molecule has 0 fully saturated rings. The van der Waals surface area contributed by atoms with Gasteiger partial charge in [-0.15, -0.1) is 0 Å². The largest absolute Gasteiger partial charge is 0.465 e. The van der Waals surface area contributed by atoms with Crippen molar-refractivity contribution in [3.63, 3.8) is 0 Å². The summed E-state index contributed by atoms with van der Waals surface area (Å²) in [6, 6.07) is 2.58. The summed E-state index contributed by atoms with van der Waals surface area (Å²) in [6.07, 6.45) is 0.0783. The number of hydrogen-bond donors (Lipinski definition) is 1. The molecule has 0 bridgehead atoms. The highest BCUT2D eigenvalue weighted by Crippen LogP contribution is 2.33. The molecule has 1 N–H and O–H groups in total. The average Bonchev–Trinajstić information content (AvgIpc) is 2.66. The van der Waals surface area contributed by atoms with E-state index < -0.39 is 17.7 Å². The normalized spacial score (nSPS) is 10.1. The van der Waals surface area contributed by atoms with Crippen LogP contribution >= 0.6 is 0 Å². The summed E-state index contributed by atoms with van der Waals surface area (Å²) in [7, 11) is 1.18. The van der Waals surface area contributed by atoms with Gasteiger partial charge in [0.1, 0.15) is 27.7 Å². The summed E-state index contributed by atoms with van der Waals surface area (Å²) in [5, 5.41) is 8.65. The fourth-order valence-corrected chi connectivity index (χ4v) is 2.16. The number of carbonyl (C=O) groups is 2. The maximum atomic E-state index is 11.8. The van der Waals surface area contributed by atoms with Crippen LogP contribution in [-0.4, -0.2) is 31.3 Å². The number of esters is 1. The molecule has 0 aliphatic rings. The van der Waals surface area contributed by atoms with Gasteiger partial charge in [0, 0.05) is 21.9 Å². The minimum absolute atomic E-state index is 0.00566. The Labute approximate surface area is 166 Å². The van der Waals surface area contributed by atoms with Gasteiger partial charge in [-0.05, 0) is 56.8 Å². The smallest absolute Gasteiger partial charge is 0.407 e. The number of hydrogen-bond acceptors (Lipinski definition) is 8. The second kappa shape index (κ2) is 11.1. The van der Waals surface area contributed by atoms with Gasteiger partial charge in [0.05, 0.1) is 12.7 Å². The zero-order chi connectivity index (χ0) is 21.9. The lowest BCUT2D eigenvalue weighted by molar-refractivity contribution is 0.0526. The SMILES string of the molecule is COC(=O)c1cc(ON=[N+]=[N-])c(CCCNC(=O)OC(C)(C)C)c(ON=[N+]=[N-])c1. The number of ether oxygens (including phenoxy) is 2. The molecule has 156 valence electrons. The molecule has 0 aromatic heterocycles. The van der Waals surface area contributed by atoms with E-state index in [2.05, 4.69) is 30.4 Å². The maximum Gasteiger partial charge on any atom is 0.407 e. The van der Waals surface area contributed by atoms with E-state index >= 15 is 0 Å². The molecule has 0 spiro atoms. The molecule has 1 rings (SSSR count). The highest BCUT2D eigenvalue weighted by atomic mass is 16.7. The van der Waals surface area contributed by atoms with E-state index in [4.69, 9.17) is 25.5 Å². The number of azide groups is 2. The molecular weight excluding hydrogens is 386 g/mol. The van der Waals surface area contributed by atoms with E-state index in [0.29, 0.717) is 12.0 Å². The maximum absolute atomic E-state index is 11.8. The van der Waals surface area contributed by atoms with E-state index in [-0.39, 0.29) is 30.0 Å². The van der Waals surface area contributed by atoms with Gasteiger partial charge in [0.15, 0.2) is 0 Å². The summed E-state index contributed by atoms with van der Waals surface area (Å²) >= 11 is 0. The van der Waals surface area contributed by atoms with E-state index in [9.17, 15) is 9.59 Å². The number of nitrogens with one attached hydrogen (secondary N) is 1. The molecule has 0 unspecified atom stereocenters. The Morgan fingerprint density at radius 1 is 1.10 bits per heavy atom. The molecule has 1 aromatic rings. The second-order valence-corrected chi connectivity index (χ2v) is 6.50. The van der Waals surface area contributed by atoms with Crippen molar-refractivity contribution in [2.24, 2.45) is 10.6 Å². The van der Waals surface area contributed by atoms with Gasteiger partial charge in [-0.3, -0.25) is 0 Å². The third kappa shape index (κ3) is 8.16. The van der Waals surface area contributed by atoms with Crippen LogP contribution in [0.1, 0.15) is 43.1 Å². The predicted molar refractivity (Wildman–Crippen MR) is 99.9 cm³/mol.